The van der Waals surface area contributed by atoms with Gasteiger partial charge in [-0.25, -0.2) is 0 Å². The molecule has 8 atom stereocenters. The number of hydrogen-bond acceptors (Lipinski definition) is 2. The molecule has 0 unspecified atom stereocenters. The molecule has 0 aliphatic heterocycles. The zero-order valence-corrected chi connectivity index (χ0v) is 48.0. The van der Waals surface area contributed by atoms with Gasteiger partial charge in [0.15, 0.2) is 0 Å². The number of hydrogen-bond donors (Lipinski definition) is 0. The summed E-state index contributed by atoms with van der Waals surface area (Å²) in [6, 6.07) is 9.05. The quantitative estimate of drug-likeness (QED) is 0.127. The molecule has 41 rings (SSSR count). The third kappa shape index (κ3) is 2.14. The molecule has 2 nitrogen and oxygen atoms in total. The molecule has 0 heterocycles. The van der Waals surface area contributed by atoms with Gasteiger partial charge in [0.05, 0.1) is 14.2 Å². The second kappa shape index (κ2) is 8.76. The van der Waals surface area contributed by atoms with Crippen molar-refractivity contribution in [1.29, 1.82) is 0 Å². The summed E-state index contributed by atoms with van der Waals surface area (Å²) >= 11 is 0. The molecule has 394 valence electrons. The Bertz CT molecular complexity index is 8500. The van der Waals surface area contributed by atoms with E-state index in [-0.39, 0.29) is 10.8 Å². The first kappa shape index (κ1) is 36.2. The monoisotopic (exact) mass is 1120 g/mol. The molecule has 4 bridgehead atoms. The van der Waals surface area contributed by atoms with Gasteiger partial charge in [0.2, 0.25) is 0 Å². The van der Waals surface area contributed by atoms with Gasteiger partial charge in [-0.3, -0.25) is 0 Å². The van der Waals surface area contributed by atoms with Gasteiger partial charge >= 0.3 is 0 Å². The van der Waals surface area contributed by atoms with E-state index >= 15 is 0 Å². The predicted molar refractivity (Wildman–Crippen MR) is 372 cm³/mol. The topological polar surface area (TPSA) is 18.5 Å². The van der Waals surface area contributed by atoms with Crippen LogP contribution in [0, 0.1) is 35.5 Å². The minimum atomic E-state index is -0.201. The van der Waals surface area contributed by atoms with Gasteiger partial charge in [-0.15, -0.1) is 0 Å². The Labute approximate surface area is 499 Å². The highest BCUT2D eigenvalue weighted by atomic mass is 16.5. The van der Waals surface area contributed by atoms with Crippen LogP contribution < -0.4 is 9.47 Å². The number of benzene rings is 20. The predicted octanol–water partition coefficient (Wildman–Crippen LogP) is 22.7. The van der Waals surface area contributed by atoms with Gasteiger partial charge in [-0.2, -0.15) is 0 Å². The second-order valence-electron chi connectivity index (χ2n) is 34.4. The third-order valence-electron chi connectivity index (χ3n) is 34.4. The molecule has 0 N–H and O–H groups in total. The Balaban J connectivity index is 0.799. The van der Waals surface area contributed by atoms with Crippen molar-refractivity contribution in [2.75, 3.05) is 14.2 Å². The van der Waals surface area contributed by atoms with Gasteiger partial charge in [0.25, 0.3) is 0 Å². The average Bonchev–Trinajstić information content (AvgIpc) is 1.37. The lowest BCUT2D eigenvalue weighted by Gasteiger charge is -2.59. The summed E-state index contributed by atoms with van der Waals surface area (Å²) in [5.74, 6) is 7.75. The van der Waals surface area contributed by atoms with Crippen LogP contribution in [0.5, 0.6) is 11.5 Å². The fourth-order valence-corrected chi connectivity index (χ4v) is 34.3. The number of rotatable bonds is 2. The van der Waals surface area contributed by atoms with Gasteiger partial charge < -0.3 is 9.47 Å². The lowest BCUT2D eigenvalue weighted by molar-refractivity contribution is 0.0317. The molecule has 0 radical (unpaired) electrons. The van der Waals surface area contributed by atoms with E-state index in [4.69, 9.17) is 9.47 Å². The first-order valence-corrected chi connectivity index (χ1v) is 34.9. The van der Waals surface area contributed by atoms with Gasteiger partial charge in [-0.05, 0) is 399 Å². The molecule has 2 heteroatoms. The summed E-state index contributed by atoms with van der Waals surface area (Å²) in [7, 11) is 3.92. The smallest absolute Gasteiger partial charge is 0.130 e. The molecule has 0 aromatic heterocycles. The van der Waals surface area contributed by atoms with Crippen LogP contribution in [-0.4, -0.2) is 14.2 Å². The van der Waals surface area contributed by atoms with E-state index in [9.17, 15) is 0 Å². The molecule has 11 aliphatic carbocycles. The van der Waals surface area contributed by atoms with Crippen LogP contribution in [-0.2, 0) is 10.8 Å². The summed E-state index contributed by atoms with van der Waals surface area (Å²) in [6.07, 6.45) is 7.95. The Morgan fingerprint density at radius 3 is 0.867 bits per heavy atom. The lowest BCUT2D eigenvalue weighted by Crippen LogP contribution is -2.55. The number of allylic oxidation sites excluding steroid dienone is 2. The van der Waals surface area contributed by atoms with Crippen LogP contribution in [0.15, 0.2) is 35.4 Å². The van der Waals surface area contributed by atoms with E-state index < -0.39 is 0 Å². The Morgan fingerprint density at radius 2 is 0.578 bits per heavy atom. The molecule has 30 aromatic carbocycles. The number of ether oxygens (including phenoxy) is 2. The van der Waals surface area contributed by atoms with Crippen molar-refractivity contribution in [3.8, 4) is 11.5 Å². The summed E-state index contributed by atoms with van der Waals surface area (Å²) in [5, 5.41) is 95.1. The molecule has 30 aromatic rings. The summed E-state index contributed by atoms with van der Waals surface area (Å²) < 4.78 is 13.3. The fourth-order valence-electron chi connectivity index (χ4n) is 34.3. The maximum absolute atomic E-state index is 6.67. The van der Waals surface area contributed by atoms with Crippen LogP contribution in [0.25, 0.3) is 302 Å². The average molecular weight is 1120 g/mol. The highest BCUT2D eigenvalue weighted by molar-refractivity contribution is 6.82. The first-order valence-electron chi connectivity index (χ1n) is 34.9. The maximum atomic E-state index is 6.67. The molecular weight excluding hydrogens is 1090 g/mol. The summed E-state index contributed by atoms with van der Waals surface area (Å²) in [5.41, 5.74) is 14.1. The van der Waals surface area contributed by atoms with Crippen LogP contribution >= 0.6 is 0 Å². The standard InChI is InChI=1S/C88H30O2/c1-89-85-16-5-3-4-6-17(16)86(90-2)80-24-19-10-18(23(24)79(80)85)21-13-7-8-15(22(19)21)20-12-88-83-75-65-55-45-37-29-26-25-27-31-33(29)41-47-39(31)49-43-35(27)36-28(25)32-34-30(26)38(37)46-52-42(34)48-40(32)50-44(36)54-53(43)63-57(49)67-61(47)69(59(65)51(41)45)77(83)73(67)81-71(63)72-64(54)58(50)68-62(48)70-60(52)66(56(46)55)76(75)84(88)78(70)74(68)82(72)87(81,88)11-14(20)9-13/h3-6,13,15,18-19,21-24H,7-12H2,1-2H3/t13-,15+,18-,19+,21+,22-,23-,24+,87?,88?/m1/s1. The van der Waals surface area contributed by atoms with Crippen molar-refractivity contribution in [1.82, 2.24) is 0 Å². The molecule has 3 saturated carbocycles. The maximum Gasteiger partial charge on any atom is 0.130 e. The van der Waals surface area contributed by atoms with Crippen molar-refractivity contribution in [2.24, 2.45) is 35.5 Å². The van der Waals surface area contributed by atoms with Crippen molar-refractivity contribution in [2.45, 2.75) is 61.2 Å². The van der Waals surface area contributed by atoms with E-state index in [1.165, 1.54) is 60.4 Å². The third-order valence-corrected chi connectivity index (χ3v) is 34.4. The van der Waals surface area contributed by atoms with E-state index in [1.807, 2.05) is 47.6 Å². The molecule has 90 heavy (non-hydrogen) atoms. The molecule has 0 saturated heterocycles. The lowest BCUT2D eigenvalue weighted by atomic mass is 9.42. The van der Waals surface area contributed by atoms with Crippen molar-refractivity contribution >= 4 is 302 Å². The zero-order valence-electron chi connectivity index (χ0n) is 48.0. The summed E-state index contributed by atoms with van der Waals surface area (Å²) in [6.45, 7) is 0. The molecule has 11 aliphatic rings. The SMILES string of the molecule is COc1c2c(c(OC)c3ccccc13)[C@H]1[C@H]3C[C@@H]([C@@H]21)[C@@H]1[C@@H]2CC[C@@H](C4=C(C2)CC25c6c7c8c9c%10c%11c(c%12c%13c2c2c6c6c%14c7c7c8c8c%10c%10c%15c%11c%11c%12c%12c%13c%13c2c2c6c6c%14c%14c7c7c8c%10c8c%10c%15c%11c%11c%12c%12c%13c2c2c6c6c%14c7c8c7c%10c%11c%12c2c67)C95C4)[C@H]31. The van der Waals surface area contributed by atoms with Crippen molar-refractivity contribution in [3.05, 3.63) is 68.8 Å². The fraction of sp³-hybridized carbons (Fsp3) is 0.205. The number of fused-ring (bicyclic) bond motifs is 10. The van der Waals surface area contributed by atoms with E-state index in [1.54, 1.807) is 291 Å². The normalized spacial score (nSPS) is 29.7. The Morgan fingerprint density at radius 1 is 0.311 bits per heavy atom. The minimum Gasteiger partial charge on any atom is -0.496 e. The van der Waals surface area contributed by atoms with Crippen LogP contribution in [0.2, 0.25) is 0 Å². The van der Waals surface area contributed by atoms with Gasteiger partial charge in [-0.1, -0.05) is 35.4 Å². The van der Waals surface area contributed by atoms with E-state index in [0.717, 1.165) is 35.2 Å². The Kier molecular flexibility index (Phi) is 3.53. The Hall–Kier alpha value is -9.50. The highest BCUT2D eigenvalue weighted by Gasteiger charge is 2.74. The molecule has 3 fully saturated rings. The van der Waals surface area contributed by atoms with Gasteiger partial charge in [0.1, 0.15) is 11.5 Å². The van der Waals surface area contributed by atoms with Crippen molar-refractivity contribution in [3.63, 3.8) is 0 Å². The number of methoxy groups -OCH3 is 2. The molecule has 0 amide bonds. The van der Waals surface area contributed by atoms with E-state index in [0.29, 0.717) is 23.7 Å². The van der Waals surface area contributed by atoms with Crippen LogP contribution in [0.4, 0.5) is 0 Å². The summed E-state index contributed by atoms with van der Waals surface area (Å²) in [4.78, 5) is 0. The largest absolute Gasteiger partial charge is 0.496 e. The molecular formula is C88H30O2. The highest BCUT2D eigenvalue weighted by Crippen LogP contribution is 2.88. The minimum absolute atomic E-state index is 0.189. The second-order valence-corrected chi connectivity index (χ2v) is 34.4. The first-order chi connectivity index (χ1) is 44.8. The zero-order chi connectivity index (χ0) is 54.2. The molecule has 2 spiro atoms. The van der Waals surface area contributed by atoms with E-state index in [2.05, 4.69) is 24.3 Å². The van der Waals surface area contributed by atoms with Crippen LogP contribution in [0.3, 0.4) is 0 Å². The van der Waals surface area contributed by atoms with Crippen molar-refractivity contribution < 1.29 is 9.47 Å². The van der Waals surface area contributed by atoms with Crippen LogP contribution in [0.1, 0.15) is 83.7 Å². The van der Waals surface area contributed by atoms with Gasteiger partial charge in [0, 0.05) is 32.7 Å².